The lowest BCUT2D eigenvalue weighted by Gasteiger charge is -2.14. The first-order valence-electron chi connectivity index (χ1n) is 8.35. The first-order valence-corrected chi connectivity index (χ1v) is 9.14. The summed E-state index contributed by atoms with van der Waals surface area (Å²) >= 11 is 11.1. The number of thiocarbonyl (C=S) groups is 1. The van der Waals surface area contributed by atoms with Crippen molar-refractivity contribution < 1.29 is 9.53 Å². The third kappa shape index (κ3) is 4.87. The first-order chi connectivity index (χ1) is 13.1. The topological polar surface area (TPSA) is 62.4 Å². The molecule has 0 unspecified atom stereocenters. The van der Waals surface area contributed by atoms with Crippen molar-refractivity contribution in [2.24, 2.45) is 0 Å². The van der Waals surface area contributed by atoms with Gasteiger partial charge in [0.2, 0.25) is 0 Å². The maximum absolute atomic E-state index is 12.6. The smallest absolute Gasteiger partial charge is 0.273 e. The Bertz CT molecular complexity index is 977. The molecular formula is C20H18ClN3O2S. The number of ether oxygens (including phenoxy) is 1. The molecule has 0 radical (unpaired) electrons. The van der Waals surface area contributed by atoms with E-state index in [1.54, 1.807) is 30.3 Å². The van der Waals surface area contributed by atoms with E-state index in [-0.39, 0.29) is 11.0 Å². The van der Waals surface area contributed by atoms with Gasteiger partial charge in [0.25, 0.3) is 5.91 Å². The van der Waals surface area contributed by atoms with Gasteiger partial charge in [0, 0.05) is 10.7 Å². The number of nitrogens with one attached hydrogen (secondary N) is 3. The molecular weight excluding hydrogens is 382 g/mol. The van der Waals surface area contributed by atoms with Gasteiger partial charge in [-0.05, 0) is 66.3 Å². The second-order valence-electron chi connectivity index (χ2n) is 5.67. The highest BCUT2D eigenvalue weighted by molar-refractivity contribution is 7.80. The summed E-state index contributed by atoms with van der Waals surface area (Å²) in [4.78, 5) is 12.6. The molecule has 0 spiro atoms. The van der Waals surface area contributed by atoms with E-state index in [1.807, 2.05) is 37.3 Å². The second-order valence-corrected chi connectivity index (χ2v) is 6.51. The summed E-state index contributed by atoms with van der Waals surface area (Å²) in [6.45, 7) is 2.34. The number of hydrogen-bond donors (Lipinski definition) is 3. The summed E-state index contributed by atoms with van der Waals surface area (Å²) < 4.78 is 5.63. The molecule has 0 atom stereocenters. The SMILES string of the molecule is CCOc1cc2ccccc2cc1C(=O)NNC(=S)Nc1ccc(Cl)cc1. The zero-order chi connectivity index (χ0) is 19.2. The van der Waals surface area contributed by atoms with Gasteiger partial charge in [-0.3, -0.25) is 15.6 Å². The van der Waals surface area contributed by atoms with E-state index in [9.17, 15) is 4.79 Å². The van der Waals surface area contributed by atoms with Crippen LogP contribution in [0.4, 0.5) is 5.69 Å². The van der Waals surface area contributed by atoms with Crippen molar-refractivity contribution in [3.8, 4) is 5.75 Å². The number of anilines is 1. The molecule has 3 rings (SSSR count). The third-order valence-corrected chi connectivity index (χ3v) is 4.24. The van der Waals surface area contributed by atoms with E-state index in [4.69, 9.17) is 28.6 Å². The second kappa shape index (κ2) is 8.70. The summed E-state index contributed by atoms with van der Waals surface area (Å²) in [6.07, 6.45) is 0. The third-order valence-electron chi connectivity index (χ3n) is 3.78. The Labute approximate surface area is 167 Å². The molecule has 0 fully saturated rings. The highest BCUT2D eigenvalue weighted by atomic mass is 35.5. The van der Waals surface area contributed by atoms with Gasteiger partial charge in [-0.25, -0.2) is 0 Å². The number of amides is 1. The van der Waals surface area contributed by atoms with E-state index in [1.165, 1.54) is 0 Å². The Kier molecular flexibility index (Phi) is 6.11. The van der Waals surface area contributed by atoms with Crippen molar-refractivity contribution in [1.29, 1.82) is 0 Å². The van der Waals surface area contributed by atoms with Crippen LogP contribution < -0.4 is 20.9 Å². The predicted molar refractivity (Wildman–Crippen MR) is 113 cm³/mol. The van der Waals surface area contributed by atoms with Crippen LogP contribution in [0.15, 0.2) is 60.7 Å². The molecule has 0 aliphatic rings. The van der Waals surface area contributed by atoms with Crippen LogP contribution in [0.2, 0.25) is 5.02 Å². The van der Waals surface area contributed by atoms with Gasteiger partial charge in [-0.15, -0.1) is 0 Å². The normalized spacial score (nSPS) is 10.3. The van der Waals surface area contributed by atoms with E-state index < -0.39 is 0 Å². The molecule has 138 valence electrons. The number of rotatable bonds is 4. The summed E-state index contributed by atoms with van der Waals surface area (Å²) in [7, 11) is 0. The fourth-order valence-electron chi connectivity index (χ4n) is 2.55. The van der Waals surface area contributed by atoms with Crippen molar-refractivity contribution in [2.75, 3.05) is 11.9 Å². The number of fused-ring (bicyclic) bond motifs is 1. The van der Waals surface area contributed by atoms with Crippen LogP contribution in [0.3, 0.4) is 0 Å². The quantitative estimate of drug-likeness (QED) is 0.444. The van der Waals surface area contributed by atoms with Crippen molar-refractivity contribution in [3.05, 3.63) is 71.2 Å². The van der Waals surface area contributed by atoms with Crippen LogP contribution in [0.25, 0.3) is 10.8 Å². The van der Waals surface area contributed by atoms with E-state index in [0.29, 0.717) is 22.9 Å². The average Bonchev–Trinajstić information content (AvgIpc) is 2.67. The molecule has 0 saturated heterocycles. The Hall–Kier alpha value is -2.83. The summed E-state index contributed by atoms with van der Waals surface area (Å²) in [5.74, 6) is 0.177. The minimum Gasteiger partial charge on any atom is -0.493 e. The predicted octanol–water partition coefficient (Wildman–Crippen LogP) is 4.52. The van der Waals surface area contributed by atoms with Gasteiger partial charge < -0.3 is 10.1 Å². The first kappa shape index (κ1) is 18.9. The average molecular weight is 400 g/mol. The summed E-state index contributed by atoms with van der Waals surface area (Å²) in [5, 5.41) is 5.80. The molecule has 3 N–H and O–H groups in total. The van der Waals surface area contributed by atoms with Crippen LogP contribution in [-0.2, 0) is 0 Å². The van der Waals surface area contributed by atoms with Crippen LogP contribution in [0, 0.1) is 0 Å². The molecule has 7 heteroatoms. The lowest BCUT2D eigenvalue weighted by atomic mass is 10.1. The molecule has 0 saturated carbocycles. The zero-order valence-corrected chi connectivity index (χ0v) is 16.2. The lowest BCUT2D eigenvalue weighted by Crippen LogP contribution is -2.43. The molecule has 0 aromatic heterocycles. The zero-order valence-electron chi connectivity index (χ0n) is 14.6. The van der Waals surface area contributed by atoms with Gasteiger partial charge >= 0.3 is 0 Å². The van der Waals surface area contributed by atoms with E-state index in [0.717, 1.165) is 16.5 Å². The molecule has 3 aromatic carbocycles. The summed E-state index contributed by atoms with van der Waals surface area (Å²) in [6, 6.07) is 18.5. The van der Waals surface area contributed by atoms with Crippen LogP contribution in [0.5, 0.6) is 5.75 Å². The van der Waals surface area contributed by atoms with Crippen LogP contribution in [-0.4, -0.2) is 17.6 Å². The van der Waals surface area contributed by atoms with Crippen molar-refractivity contribution in [2.45, 2.75) is 6.92 Å². The fourth-order valence-corrected chi connectivity index (χ4v) is 2.84. The fraction of sp³-hybridized carbons (Fsp3) is 0.100. The number of benzene rings is 3. The molecule has 0 heterocycles. The Morgan fingerprint density at radius 1 is 1.04 bits per heavy atom. The van der Waals surface area contributed by atoms with E-state index >= 15 is 0 Å². The van der Waals surface area contributed by atoms with Gasteiger partial charge in [-0.1, -0.05) is 35.9 Å². The highest BCUT2D eigenvalue weighted by Crippen LogP contribution is 2.26. The molecule has 3 aromatic rings. The molecule has 1 amide bonds. The number of halogens is 1. The lowest BCUT2D eigenvalue weighted by molar-refractivity contribution is 0.0940. The van der Waals surface area contributed by atoms with Crippen molar-refractivity contribution in [3.63, 3.8) is 0 Å². The van der Waals surface area contributed by atoms with Gasteiger partial charge in [0.05, 0.1) is 12.2 Å². The standard InChI is InChI=1S/C20H18ClN3O2S/c1-2-26-18-12-14-6-4-3-5-13(14)11-17(18)19(25)23-24-20(27)22-16-9-7-15(21)8-10-16/h3-12H,2H2,1H3,(H,23,25)(H2,22,24,27). The van der Waals surface area contributed by atoms with Gasteiger partial charge in [0.1, 0.15) is 5.75 Å². The van der Waals surface area contributed by atoms with Gasteiger partial charge in [-0.2, -0.15) is 0 Å². The largest absolute Gasteiger partial charge is 0.493 e. The Balaban J connectivity index is 1.70. The Morgan fingerprint density at radius 2 is 1.70 bits per heavy atom. The molecule has 5 nitrogen and oxygen atoms in total. The van der Waals surface area contributed by atoms with Crippen molar-refractivity contribution in [1.82, 2.24) is 10.9 Å². The van der Waals surface area contributed by atoms with Crippen LogP contribution in [0.1, 0.15) is 17.3 Å². The van der Waals surface area contributed by atoms with Crippen LogP contribution >= 0.6 is 23.8 Å². The number of carbonyl (C=O) groups is 1. The maximum atomic E-state index is 12.6. The summed E-state index contributed by atoms with van der Waals surface area (Å²) in [5.41, 5.74) is 6.47. The maximum Gasteiger partial charge on any atom is 0.273 e. The minimum atomic E-state index is -0.343. The van der Waals surface area contributed by atoms with Gasteiger partial charge in [0.15, 0.2) is 5.11 Å². The molecule has 0 aliphatic heterocycles. The van der Waals surface area contributed by atoms with E-state index in [2.05, 4.69) is 16.2 Å². The molecule has 0 bridgehead atoms. The van der Waals surface area contributed by atoms with Crippen molar-refractivity contribution >= 4 is 51.3 Å². The highest BCUT2D eigenvalue weighted by Gasteiger charge is 2.14. The molecule has 0 aliphatic carbocycles. The Morgan fingerprint density at radius 3 is 2.37 bits per heavy atom. The number of hydrazine groups is 1. The number of hydrogen-bond acceptors (Lipinski definition) is 3. The molecule has 27 heavy (non-hydrogen) atoms. The monoisotopic (exact) mass is 399 g/mol. The minimum absolute atomic E-state index is 0.254. The number of carbonyl (C=O) groups excluding carboxylic acids is 1.